The minimum atomic E-state index is -0.838. The van der Waals surface area contributed by atoms with E-state index in [1.54, 1.807) is 37.2 Å². The first kappa shape index (κ1) is 14.6. The number of amides is 1. The summed E-state index contributed by atoms with van der Waals surface area (Å²) in [5, 5.41) is 23.5. The summed E-state index contributed by atoms with van der Waals surface area (Å²) in [6.07, 6.45) is 0. The summed E-state index contributed by atoms with van der Waals surface area (Å²) in [6, 6.07) is 3.68. The largest absolute Gasteiger partial charge is 0.389 e. The van der Waals surface area contributed by atoms with Gasteiger partial charge in [0, 0.05) is 6.54 Å². The molecular weight excluding hydrogens is 250 g/mol. The second kappa shape index (κ2) is 5.96. The number of nitrogens with zero attached hydrogens (tertiary/aromatic N) is 2. The maximum atomic E-state index is 11.7. The van der Waals surface area contributed by atoms with Gasteiger partial charge >= 0.3 is 0 Å². The molecule has 18 heavy (non-hydrogen) atoms. The third kappa shape index (κ3) is 4.84. The zero-order valence-corrected chi connectivity index (χ0v) is 11.5. The van der Waals surface area contributed by atoms with Crippen molar-refractivity contribution >= 4 is 22.2 Å². The fraction of sp³-hybridized carbons (Fsp3) is 0.500. The number of thiophene rings is 1. The molecule has 0 bridgehead atoms. The van der Waals surface area contributed by atoms with Crippen LogP contribution >= 0.6 is 11.3 Å². The number of aliphatic hydroxyl groups is 1. The number of hydrogen-bond donors (Lipinski definition) is 2. The van der Waals surface area contributed by atoms with Gasteiger partial charge in [-0.2, -0.15) is 5.26 Å². The second-order valence-electron chi connectivity index (χ2n) is 4.81. The molecule has 2 N–H and O–H groups in total. The van der Waals surface area contributed by atoms with E-state index in [0.717, 1.165) is 0 Å². The van der Waals surface area contributed by atoms with Gasteiger partial charge in [-0.15, -0.1) is 11.3 Å². The number of rotatable bonds is 5. The maximum Gasteiger partial charge on any atom is 0.239 e. The second-order valence-corrected chi connectivity index (χ2v) is 5.72. The molecule has 1 aromatic rings. The highest BCUT2D eigenvalue weighted by molar-refractivity contribution is 7.14. The Bertz CT molecular complexity index is 457. The van der Waals surface area contributed by atoms with Gasteiger partial charge in [-0.05, 0) is 32.3 Å². The van der Waals surface area contributed by atoms with Crippen LogP contribution in [0.3, 0.4) is 0 Å². The Morgan fingerprint density at radius 2 is 2.33 bits per heavy atom. The van der Waals surface area contributed by atoms with Crippen molar-refractivity contribution in [1.82, 2.24) is 4.90 Å². The molecule has 0 spiro atoms. The van der Waals surface area contributed by atoms with Crippen LogP contribution in [0.4, 0.5) is 5.00 Å². The Labute approximate surface area is 111 Å². The van der Waals surface area contributed by atoms with E-state index in [2.05, 4.69) is 5.32 Å². The van der Waals surface area contributed by atoms with Gasteiger partial charge in [0.1, 0.15) is 11.1 Å². The van der Waals surface area contributed by atoms with Crippen molar-refractivity contribution < 1.29 is 9.90 Å². The first-order valence-corrected chi connectivity index (χ1v) is 6.38. The molecule has 1 heterocycles. The van der Waals surface area contributed by atoms with Gasteiger partial charge in [0.05, 0.1) is 17.7 Å². The van der Waals surface area contributed by atoms with Gasteiger partial charge in [-0.25, -0.2) is 0 Å². The van der Waals surface area contributed by atoms with E-state index in [0.29, 0.717) is 17.1 Å². The zero-order chi connectivity index (χ0) is 13.8. The van der Waals surface area contributed by atoms with E-state index in [4.69, 9.17) is 5.26 Å². The van der Waals surface area contributed by atoms with Crippen LogP contribution in [0.2, 0.25) is 0 Å². The summed E-state index contributed by atoms with van der Waals surface area (Å²) in [7, 11) is 1.76. The SMILES string of the molecule is CN(CC(=O)Nc1sccc1C#N)CC(C)(C)O. The number of likely N-dealkylation sites (N-methyl/N-ethyl adjacent to an activating group) is 1. The van der Waals surface area contributed by atoms with Gasteiger partial charge in [0.2, 0.25) is 5.91 Å². The molecule has 0 unspecified atom stereocenters. The van der Waals surface area contributed by atoms with Crippen LogP contribution in [0.25, 0.3) is 0 Å². The molecule has 98 valence electrons. The Morgan fingerprint density at radius 3 is 2.89 bits per heavy atom. The number of carbonyl (C=O) groups excluding carboxylic acids is 1. The molecule has 1 aromatic heterocycles. The number of nitriles is 1. The van der Waals surface area contributed by atoms with E-state index >= 15 is 0 Å². The van der Waals surface area contributed by atoms with Crippen molar-refractivity contribution in [3.8, 4) is 6.07 Å². The monoisotopic (exact) mass is 267 g/mol. The average Bonchev–Trinajstić information content (AvgIpc) is 2.61. The molecule has 0 saturated carbocycles. The van der Waals surface area contributed by atoms with Gasteiger partial charge < -0.3 is 10.4 Å². The summed E-state index contributed by atoms with van der Waals surface area (Å²) in [5.41, 5.74) is -0.367. The van der Waals surface area contributed by atoms with Crippen molar-refractivity contribution in [1.29, 1.82) is 5.26 Å². The summed E-state index contributed by atoms with van der Waals surface area (Å²) >= 11 is 1.32. The quantitative estimate of drug-likeness (QED) is 0.842. The molecule has 1 amide bonds. The lowest BCUT2D eigenvalue weighted by Gasteiger charge is -2.24. The highest BCUT2D eigenvalue weighted by atomic mass is 32.1. The molecular formula is C12H17N3O2S. The Balaban J connectivity index is 2.50. The van der Waals surface area contributed by atoms with E-state index in [-0.39, 0.29) is 12.5 Å². The number of carbonyl (C=O) groups is 1. The molecule has 0 aliphatic heterocycles. The predicted octanol–water partition coefficient (Wildman–Crippen LogP) is 1.26. The van der Waals surface area contributed by atoms with E-state index < -0.39 is 5.60 Å². The fourth-order valence-corrected chi connectivity index (χ4v) is 2.38. The van der Waals surface area contributed by atoms with E-state index in [1.165, 1.54) is 11.3 Å². The smallest absolute Gasteiger partial charge is 0.239 e. The molecule has 0 atom stereocenters. The zero-order valence-electron chi connectivity index (χ0n) is 10.7. The van der Waals surface area contributed by atoms with E-state index in [9.17, 15) is 9.90 Å². The van der Waals surface area contributed by atoms with Crippen molar-refractivity contribution in [2.24, 2.45) is 0 Å². The topological polar surface area (TPSA) is 76.4 Å². The first-order chi connectivity index (χ1) is 8.31. The van der Waals surface area contributed by atoms with Crippen molar-refractivity contribution in [3.05, 3.63) is 17.0 Å². The number of nitrogens with one attached hydrogen (secondary N) is 1. The molecule has 6 heteroatoms. The molecule has 0 aliphatic carbocycles. The van der Waals surface area contributed by atoms with Gasteiger partial charge in [0.15, 0.2) is 0 Å². The molecule has 0 aliphatic rings. The first-order valence-electron chi connectivity index (χ1n) is 5.50. The lowest BCUT2D eigenvalue weighted by molar-refractivity contribution is -0.117. The van der Waals surface area contributed by atoms with Crippen LogP contribution in [-0.2, 0) is 4.79 Å². The third-order valence-electron chi connectivity index (χ3n) is 2.11. The van der Waals surface area contributed by atoms with Crippen LogP contribution in [0.1, 0.15) is 19.4 Å². The summed E-state index contributed by atoms with van der Waals surface area (Å²) in [4.78, 5) is 13.5. The molecule has 0 aromatic carbocycles. The van der Waals surface area contributed by atoms with E-state index in [1.807, 2.05) is 6.07 Å². The minimum absolute atomic E-state index is 0.173. The lowest BCUT2D eigenvalue weighted by Crippen LogP contribution is -2.40. The van der Waals surface area contributed by atoms with Gasteiger partial charge in [0.25, 0.3) is 0 Å². The summed E-state index contributed by atoms with van der Waals surface area (Å²) in [6.45, 7) is 3.95. The lowest BCUT2D eigenvalue weighted by atomic mass is 10.1. The minimum Gasteiger partial charge on any atom is -0.389 e. The van der Waals surface area contributed by atoms with Crippen LogP contribution in [0.5, 0.6) is 0 Å². The Kier molecular flexibility index (Phi) is 4.84. The van der Waals surface area contributed by atoms with Crippen molar-refractivity contribution in [3.63, 3.8) is 0 Å². The normalized spacial score (nSPS) is 11.3. The van der Waals surface area contributed by atoms with Crippen LogP contribution < -0.4 is 5.32 Å². The Morgan fingerprint density at radius 1 is 1.67 bits per heavy atom. The molecule has 0 fully saturated rings. The maximum absolute atomic E-state index is 11.7. The third-order valence-corrected chi connectivity index (χ3v) is 2.94. The predicted molar refractivity (Wildman–Crippen MR) is 71.5 cm³/mol. The average molecular weight is 267 g/mol. The van der Waals surface area contributed by atoms with Crippen molar-refractivity contribution in [2.45, 2.75) is 19.4 Å². The van der Waals surface area contributed by atoms with Crippen molar-refractivity contribution in [2.75, 3.05) is 25.5 Å². The molecule has 0 saturated heterocycles. The molecule has 0 radical (unpaired) electrons. The van der Waals surface area contributed by atoms with Gasteiger partial charge in [-0.3, -0.25) is 9.69 Å². The highest BCUT2D eigenvalue weighted by Gasteiger charge is 2.18. The van der Waals surface area contributed by atoms with Crippen LogP contribution in [0, 0.1) is 11.3 Å². The van der Waals surface area contributed by atoms with Crippen LogP contribution in [-0.4, -0.2) is 41.7 Å². The Hall–Kier alpha value is -1.42. The fourth-order valence-electron chi connectivity index (χ4n) is 1.62. The van der Waals surface area contributed by atoms with Gasteiger partial charge in [-0.1, -0.05) is 0 Å². The number of anilines is 1. The number of hydrogen-bond acceptors (Lipinski definition) is 5. The summed E-state index contributed by atoms with van der Waals surface area (Å²) in [5.74, 6) is -0.194. The van der Waals surface area contributed by atoms with Crippen LogP contribution in [0.15, 0.2) is 11.4 Å². The summed E-state index contributed by atoms with van der Waals surface area (Å²) < 4.78 is 0. The molecule has 5 nitrogen and oxygen atoms in total. The standard InChI is InChI=1S/C12H17N3O2S/c1-12(2,17)8-15(3)7-10(16)14-11-9(6-13)4-5-18-11/h4-5,17H,7-8H2,1-3H3,(H,14,16). The highest BCUT2D eigenvalue weighted by Crippen LogP contribution is 2.21. The molecule has 1 rings (SSSR count).